The third kappa shape index (κ3) is 3.73. The van der Waals surface area contributed by atoms with Crippen LogP contribution in [-0.2, 0) is 19.4 Å². The number of carbonyl (C=O) groups is 1. The molecule has 5 heteroatoms. The van der Waals surface area contributed by atoms with Crippen LogP contribution in [-0.4, -0.2) is 25.7 Å². The molecule has 0 radical (unpaired) electrons. The smallest absolute Gasteiger partial charge is 0.201 e. The summed E-state index contributed by atoms with van der Waals surface area (Å²) in [5.41, 5.74) is 1.06. The zero-order chi connectivity index (χ0) is 20.4. The van der Waals surface area contributed by atoms with E-state index in [0.717, 1.165) is 12.1 Å². The van der Waals surface area contributed by atoms with Gasteiger partial charge in [-0.15, -0.1) is 0 Å². The number of ether oxygens (including phenoxy) is 2. The van der Waals surface area contributed by atoms with Crippen LogP contribution >= 0.6 is 0 Å². The molecule has 0 N–H and O–H groups in total. The number of hydrogen-bond donors (Lipinski definition) is 0. The van der Waals surface area contributed by atoms with Crippen molar-refractivity contribution in [1.29, 1.82) is 0 Å². The molecule has 0 amide bonds. The van der Waals surface area contributed by atoms with Crippen LogP contribution in [0.25, 0.3) is 0 Å². The molecule has 0 bridgehead atoms. The minimum absolute atomic E-state index is 0.0390. The van der Waals surface area contributed by atoms with Crippen LogP contribution in [0.15, 0.2) is 67.0 Å². The Morgan fingerprint density at radius 2 is 1.62 bits per heavy atom. The number of alkyl halides is 1. The van der Waals surface area contributed by atoms with Crippen molar-refractivity contribution >= 4 is 5.78 Å². The monoisotopic (exact) mass is 392 g/mol. The van der Waals surface area contributed by atoms with Gasteiger partial charge in [-0.3, -0.25) is 4.79 Å². The van der Waals surface area contributed by atoms with Gasteiger partial charge in [-0.2, -0.15) is 0 Å². The fraction of sp³-hybridized carbons (Fsp3) is 0.250. The zero-order valence-electron chi connectivity index (χ0n) is 16.5. The van der Waals surface area contributed by atoms with E-state index in [4.69, 9.17) is 9.47 Å². The quantitative estimate of drug-likeness (QED) is 0.600. The molecule has 1 atom stereocenters. The first-order valence-corrected chi connectivity index (χ1v) is 9.53. The number of fused-ring (bicyclic) bond motifs is 1. The van der Waals surface area contributed by atoms with Gasteiger partial charge < -0.3 is 9.47 Å². The molecular formula is C24H23FNO3+. The second kappa shape index (κ2) is 7.66. The molecule has 29 heavy (non-hydrogen) atoms. The van der Waals surface area contributed by atoms with E-state index in [9.17, 15) is 4.79 Å². The van der Waals surface area contributed by atoms with Crippen LogP contribution in [0.5, 0.6) is 11.5 Å². The van der Waals surface area contributed by atoms with Gasteiger partial charge in [-0.1, -0.05) is 30.3 Å². The first-order chi connectivity index (χ1) is 14.0. The van der Waals surface area contributed by atoms with E-state index in [1.807, 2.05) is 47.3 Å². The summed E-state index contributed by atoms with van der Waals surface area (Å²) in [5.74, 6) is 0.449. The number of halogens is 1. The van der Waals surface area contributed by atoms with Gasteiger partial charge >= 0.3 is 0 Å². The summed E-state index contributed by atoms with van der Waals surface area (Å²) in [5, 5.41) is 0. The van der Waals surface area contributed by atoms with Gasteiger partial charge in [0, 0.05) is 36.1 Å². The van der Waals surface area contributed by atoms with Gasteiger partial charge in [0.05, 0.1) is 14.2 Å². The van der Waals surface area contributed by atoms with Crippen molar-refractivity contribution in [1.82, 2.24) is 0 Å². The van der Waals surface area contributed by atoms with Crippen LogP contribution in [0.3, 0.4) is 0 Å². The minimum atomic E-state index is -1.95. The predicted octanol–water partition coefficient (Wildman–Crippen LogP) is 3.73. The minimum Gasteiger partial charge on any atom is -0.493 e. The summed E-state index contributed by atoms with van der Waals surface area (Å²) in [7, 11) is 3.03. The van der Waals surface area contributed by atoms with Gasteiger partial charge in [0.15, 0.2) is 36.1 Å². The fourth-order valence-electron chi connectivity index (χ4n) is 3.87. The first-order valence-electron chi connectivity index (χ1n) is 9.53. The molecular weight excluding hydrogens is 369 g/mol. The van der Waals surface area contributed by atoms with Crippen LogP contribution < -0.4 is 14.0 Å². The Bertz CT molecular complexity index is 1030. The Morgan fingerprint density at radius 3 is 2.28 bits per heavy atom. The second-order valence-electron chi connectivity index (χ2n) is 7.38. The molecule has 1 heterocycles. The van der Waals surface area contributed by atoms with Gasteiger partial charge in [0.1, 0.15) is 0 Å². The van der Waals surface area contributed by atoms with E-state index < -0.39 is 11.5 Å². The number of benzene rings is 2. The van der Waals surface area contributed by atoms with Crippen molar-refractivity contribution in [3.63, 3.8) is 0 Å². The van der Waals surface area contributed by atoms with E-state index in [0.29, 0.717) is 22.6 Å². The summed E-state index contributed by atoms with van der Waals surface area (Å²) < 4.78 is 28.2. The number of pyridine rings is 1. The third-order valence-corrected chi connectivity index (χ3v) is 5.38. The van der Waals surface area contributed by atoms with Gasteiger partial charge in [0.25, 0.3) is 0 Å². The van der Waals surface area contributed by atoms with Crippen LogP contribution in [0, 0.1) is 0 Å². The summed E-state index contributed by atoms with van der Waals surface area (Å²) >= 11 is 0. The molecule has 0 fully saturated rings. The second-order valence-corrected chi connectivity index (χ2v) is 7.38. The normalized spacial score (nSPS) is 17.8. The van der Waals surface area contributed by atoms with Crippen molar-refractivity contribution in [3.8, 4) is 11.5 Å². The van der Waals surface area contributed by atoms with E-state index >= 15 is 4.39 Å². The van der Waals surface area contributed by atoms with Crippen LogP contribution in [0.2, 0.25) is 0 Å². The molecule has 148 valence electrons. The van der Waals surface area contributed by atoms with E-state index in [1.165, 1.54) is 19.8 Å². The lowest BCUT2D eigenvalue weighted by Crippen LogP contribution is -2.35. The number of rotatable bonds is 6. The number of ketones is 1. The molecule has 1 aromatic heterocycles. The highest BCUT2D eigenvalue weighted by molar-refractivity contribution is 6.07. The summed E-state index contributed by atoms with van der Waals surface area (Å²) in [6.07, 6.45) is 3.92. The molecule has 0 saturated heterocycles. The maximum atomic E-state index is 15.7. The number of nitrogens with zero attached hydrogens (tertiary/aromatic N) is 1. The van der Waals surface area contributed by atoms with Gasteiger partial charge in [0.2, 0.25) is 5.78 Å². The number of Topliss-reactive ketones (excluding diaryl/α,β-unsaturated/α-hetero) is 1. The highest BCUT2D eigenvalue weighted by Gasteiger charge is 2.46. The summed E-state index contributed by atoms with van der Waals surface area (Å²) in [6, 6.07) is 17.2. The Labute approximate surface area is 169 Å². The zero-order valence-corrected chi connectivity index (χ0v) is 16.5. The maximum Gasteiger partial charge on any atom is 0.201 e. The highest BCUT2D eigenvalue weighted by atomic mass is 19.1. The largest absolute Gasteiger partial charge is 0.493 e. The molecule has 0 aliphatic heterocycles. The van der Waals surface area contributed by atoms with Gasteiger partial charge in [-0.25, -0.2) is 8.96 Å². The Kier molecular flexibility index (Phi) is 5.05. The lowest BCUT2D eigenvalue weighted by atomic mass is 9.93. The molecule has 0 spiro atoms. The predicted molar refractivity (Wildman–Crippen MR) is 107 cm³/mol. The maximum absolute atomic E-state index is 15.7. The third-order valence-electron chi connectivity index (χ3n) is 5.38. The topological polar surface area (TPSA) is 39.4 Å². The average molecular weight is 392 g/mol. The number of aromatic nitrogens is 1. The number of hydrogen-bond acceptors (Lipinski definition) is 3. The molecule has 1 aliphatic carbocycles. The Hall–Kier alpha value is -3.21. The lowest BCUT2D eigenvalue weighted by Gasteiger charge is -2.17. The fourth-order valence-corrected chi connectivity index (χ4v) is 3.87. The van der Waals surface area contributed by atoms with Crippen molar-refractivity contribution in [2.75, 3.05) is 14.2 Å². The molecule has 4 nitrogen and oxygen atoms in total. The molecule has 0 saturated carbocycles. The van der Waals surface area contributed by atoms with Crippen molar-refractivity contribution in [3.05, 3.63) is 89.2 Å². The van der Waals surface area contributed by atoms with Crippen LogP contribution in [0.1, 0.15) is 27.0 Å². The number of carbonyl (C=O) groups excluding carboxylic acids is 1. The Morgan fingerprint density at radius 1 is 0.966 bits per heavy atom. The average Bonchev–Trinajstić information content (AvgIpc) is 2.98. The number of methoxy groups -OCH3 is 2. The van der Waals surface area contributed by atoms with E-state index in [1.54, 1.807) is 12.1 Å². The molecule has 4 rings (SSSR count). The van der Waals surface area contributed by atoms with Crippen molar-refractivity contribution in [2.45, 2.75) is 25.1 Å². The lowest BCUT2D eigenvalue weighted by molar-refractivity contribution is -0.688. The van der Waals surface area contributed by atoms with Crippen molar-refractivity contribution in [2.24, 2.45) is 0 Å². The van der Waals surface area contributed by atoms with Gasteiger partial charge in [-0.05, 0) is 23.3 Å². The highest BCUT2D eigenvalue weighted by Crippen LogP contribution is 2.41. The standard InChI is InChI=1S/C24H23FNO3/c1-28-21-12-19-15-24(25,23(27)20(19)13-22(21)29-2)14-17-8-10-26(11-9-17)16-18-6-4-3-5-7-18/h3-13H,14-16H2,1-2H3/q+1. The van der Waals surface area contributed by atoms with E-state index in [-0.39, 0.29) is 12.8 Å². The molecule has 3 aromatic rings. The summed E-state index contributed by atoms with van der Waals surface area (Å²) in [4.78, 5) is 12.8. The Balaban J connectivity index is 1.52. The molecule has 1 unspecified atom stereocenters. The van der Waals surface area contributed by atoms with Crippen LogP contribution in [0.4, 0.5) is 4.39 Å². The molecule has 2 aromatic carbocycles. The SMILES string of the molecule is COc1cc2c(cc1OC)C(=O)C(F)(Cc1cc[n+](Cc3ccccc3)cc1)C2. The van der Waals surface area contributed by atoms with E-state index in [2.05, 4.69) is 12.1 Å². The van der Waals surface area contributed by atoms with Crippen molar-refractivity contribution < 1.29 is 23.2 Å². The molecule has 1 aliphatic rings. The summed E-state index contributed by atoms with van der Waals surface area (Å²) in [6.45, 7) is 0.742. The first kappa shape index (κ1) is 19.1.